The van der Waals surface area contributed by atoms with E-state index in [0.717, 1.165) is 0 Å². The predicted octanol–water partition coefficient (Wildman–Crippen LogP) is 3.04. The molecular formula is C11H13F4N. The highest BCUT2D eigenvalue weighted by Crippen LogP contribution is 2.22. The zero-order chi connectivity index (χ0) is 12.2. The zero-order valence-corrected chi connectivity index (χ0v) is 8.60. The largest absolute Gasteiger partial charge is 0.403 e. The summed E-state index contributed by atoms with van der Waals surface area (Å²) in [4.78, 5) is 0. The fourth-order valence-corrected chi connectivity index (χ4v) is 1.38. The third-order valence-electron chi connectivity index (χ3n) is 2.34. The molecule has 5 heteroatoms. The standard InChI is InChI=1S/C11H13F4N/c12-9-6-2-1-4-8(9)5-3-7-10(16)11(13,14)15/h1-2,4,6,10H,3,5,7,16H2/t10-/m0/s1. The van der Waals surface area contributed by atoms with Crippen LogP contribution in [0.1, 0.15) is 18.4 Å². The van der Waals surface area contributed by atoms with Gasteiger partial charge in [0.2, 0.25) is 0 Å². The van der Waals surface area contributed by atoms with Crippen molar-refractivity contribution in [2.75, 3.05) is 0 Å². The molecule has 0 amide bonds. The highest BCUT2D eigenvalue weighted by molar-refractivity contribution is 5.17. The Balaban J connectivity index is 2.40. The first kappa shape index (κ1) is 13.0. The minimum absolute atomic E-state index is 0.183. The molecule has 0 unspecified atom stereocenters. The number of benzene rings is 1. The van der Waals surface area contributed by atoms with Crippen molar-refractivity contribution in [3.05, 3.63) is 35.6 Å². The topological polar surface area (TPSA) is 26.0 Å². The molecule has 0 aromatic heterocycles. The van der Waals surface area contributed by atoms with Crippen LogP contribution in [0.25, 0.3) is 0 Å². The monoisotopic (exact) mass is 235 g/mol. The van der Waals surface area contributed by atoms with Crippen molar-refractivity contribution in [3.63, 3.8) is 0 Å². The van der Waals surface area contributed by atoms with Crippen molar-refractivity contribution in [2.24, 2.45) is 5.73 Å². The summed E-state index contributed by atoms with van der Waals surface area (Å²) in [5, 5.41) is 0. The lowest BCUT2D eigenvalue weighted by Crippen LogP contribution is -2.37. The Hall–Kier alpha value is -1.10. The van der Waals surface area contributed by atoms with Gasteiger partial charge < -0.3 is 5.73 Å². The quantitative estimate of drug-likeness (QED) is 0.797. The van der Waals surface area contributed by atoms with Gasteiger partial charge in [-0.3, -0.25) is 0 Å². The normalized spacial score (nSPS) is 13.8. The molecule has 1 atom stereocenters. The van der Waals surface area contributed by atoms with Gasteiger partial charge >= 0.3 is 6.18 Å². The number of nitrogens with two attached hydrogens (primary N) is 1. The SMILES string of the molecule is N[C@@H](CCCc1ccccc1F)C(F)(F)F. The molecule has 0 aliphatic heterocycles. The molecule has 1 aromatic rings. The molecule has 1 rings (SSSR count). The number of hydrogen-bond donors (Lipinski definition) is 1. The van der Waals surface area contributed by atoms with E-state index in [-0.39, 0.29) is 25.1 Å². The van der Waals surface area contributed by atoms with E-state index >= 15 is 0 Å². The second kappa shape index (κ2) is 5.30. The molecule has 1 aromatic carbocycles. The van der Waals surface area contributed by atoms with Crippen molar-refractivity contribution < 1.29 is 17.6 Å². The molecule has 0 radical (unpaired) electrons. The average Bonchev–Trinajstić information content (AvgIpc) is 2.19. The number of aryl methyl sites for hydroxylation is 1. The van der Waals surface area contributed by atoms with E-state index < -0.39 is 12.2 Å². The fourth-order valence-electron chi connectivity index (χ4n) is 1.38. The summed E-state index contributed by atoms with van der Waals surface area (Å²) in [6.45, 7) is 0. The summed E-state index contributed by atoms with van der Waals surface area (Å²) in [5.74, 6) is -0.386. The third kappa shape index (κ3) is 3.81. The van der Waals surface area contributed by atoms with E-state index in [1.54, 1.807) is 18.2 Å². The molecule has 0 spiro atoms. The van der Waals surface area contributed by atoms with Crippen molar-refractivity contribution in [3.8, 4) is 0 Å². The van der Waals surface area contributed by atoms with Gasteiger partial charge in [-0.1, -0.05) is 18.2 Å². The van der Waals surface area contributed by atoms with Crippen molar-refractivity contribution in [1.82, 2.24) is 0 Å². The van der Waals surface area contributed by atoms with Crippen molar-refractivity contribution in [2.45, 2.75) is 31.5 Å². The Kier molecular flexibility index (Phi) is 4.29. The second-order valence-corrected chi connectivity index (χ2v) is 3.63. The maximum atomic E-state index is 13.1. The number of hydrogen-bond acceptors (Lipinski definition) is 1. The molecule has 0 fully saturated rings. The van der Waals surface area contributed by atoms with Crippen LogP contribution in [0.15, 0.2) is 24.3 Å². The molecule has 1 nitrogen and oxygen atoms in total. The molecule has 0 aliphatic carbocycles. The minimum Gasteiger partial charge on any atom is -0.320 e. The summed E-state index contributed by atoms with van der Waals surface area (Å²) in [6.07, 6.45) is -4.05. The van der Waals surface area contributed by atoms with E-state index in [2.05, 4.69) is 0 Å². The summed E-state index contributed by atoms with van der Waals surface area (Å²) >= 11 is 0. The average molecular weight is 235 g/mol. The van der Waals surface area contributed by atoms with Gasteiger partial charge in [-0.2, -0.15) is 13.2 Å². The first-order valence-electron chi connectivity index (χ1n) is 4.97. The fraction of sp³-hybridized carbons (Fsp3) is 0.455. The third-order valence-corrected chi connectivity index (χ3v) is 2.34. The molecule has 0 aliphatic rings. The van der Waals surface area contributed by atoms with E-state index in [1.165, 1.54) is 6.07 Å². The molecule has 0 bridgehead atoms. The Morgan fingerprint density at radius 1 is 1.19 bits per heavy atom. The van der Waals surface area contributed by atoms with E-state index in [1.807, 2.05) is 0 Å². The Morgan fingerprint density at radius 3 is 2.38 bits per heavy atom. The molecular weight excluding hydrogens is 222 g/mol. The van der Waals surface area contributed by atoms with Gasteiger partial charge in [-0.15, -0.1) is 0 Å². The van der Waals surface area contributed by atoms with E-state index in [0.29, 0.717) is 5.56 Å². The van der Waals surface area contributed by atoms with Crippen molar-refractivity contribution in [1.29, 1.82) is 0 Å². The first-order valence-corrected chi connectivity index (χ1v) is 4.97. The van der Waals surface area contributed by atoms with Gasteiger partial charge in [0.15, 0.2) is 0 Å². The maximum absolute atomic E-state index is 13.1. The van der Waals surface area contributed by atoms with E-state index in [4.69, 9.17) is 5.73 Å². The van der Waals surface area contributed by atoms with Gasteiger partial charge in [-0.25, -0.2) is 4.39 Å². The van der Waals surface area contributed by atoms with Crippen LogP contribution < -0.4 is 5.73 Å². The zero-order valence-electron chi connectivity index (χ0n) is 8.60. The van der Waals surface area contributed by atoms with Crippen molar-refractivity contribution >= 4 is 0 Å². The Bertz CT molecular complexity index is 335. The maximum Gasteiger partial charge on any atom is 0.403 e. The van der Waals surface area contributed by atoms with E-state index in [9.17, 15) is 17.6 Å². The smallest absolute Gasteiger partial charge is 0.320 e. The van der Waals surface area contributed by atoms with Gasteiger partial charge in [-0.05, 0) is 30.9 Å². The van der Waals surface area contributed by atoms with Crippen LogP contribution in [0.3, 0.4) is 0 Å². The molecule has 2 N–H and O–H groups in total. The van der Waals surface area contributed by atoms with Gasteiger partial charge in [0.05, 0.1) is 0 Å². The molecule has 16 heavy (non-hydrogen) atoms. The Labute approximate surface area is 91.3 Å². The number of halogens is 4. The van der Waals surface area contributed by atoms with Crippen LogP contribution in [0.2, 0.25) is 0 Å². The molecule has 0 heterocycles. The minimum atomic E-state index is -4.37. The Morgan fingerprint density at radius 2 is 1.81 bits per heavy atom. The summed E-state index contributed by atoms with van der Waals surface area (Å²) in [5.41, 5.74) is 5.36. The molecule has 0 saturated heterocycles. The van der Waals surface area contributed by atoms with Crippen LogP contribution >= 0.6 is 0 Å². The lowest BCUT2D eigenvalue weighted by atomic mass is 10.0. The second-order valence-electron chi connectivity index (χ2n) is 3.63. The lowest BCUT2D eigenvalue weighted by molar-refractivity contribution is -0.149. The molecule has 0 saturated carbocycles. The lowest BCUT2D eigenvalue weighted by Gasteiger charge is -2.15. The summed E-state index contributed by atoms with van der Waals surface area (Å²) in [7, 11) is 0. The summed E-state index contributed by atoms with van der Waals surface area (Å²) < 4.78 is 49.3. The van der Waals surface area contributed by atoms with Gasteiger partial charge in [0, 0.05) is 0 Å². The van der Waals surface area contributed by atoms with Gasteiger partial charge in [0.1, 0.15) is 11.9 Å². The molecule has 90 valence electrons. The van der Waals surface area contributed by atoms with Crippen LogP contribution in [0.5, 0.6) is 0 Å². The van der Waals surface area contributed by atoms with Crippen LogP contribution in [-0.4, -0.2) is 12.2 Å². The van der Waals surface area contributed by atoms with Gasteiger partial charge in [0.25, 0.3) is 0 Å². The number of alkyl halides is 3. The van der Waals surface area contributed by atoms with Crippen LogP contribution in [0.4, 0.5) is 17.6 Å². The number of rotatable bonds is 4. The highest BCUT2D eigenvalue weighted by Gasteiger charge is 2.35. The first-order chi connectivity index (χ1) is 7.41. The highest BCUT2D eigenvalue weighted by atomic mass is 19.4. The predicted molar refractivity (Wildman–Crippen MR) is 53.4 cm³/mol. The van der Waals surface area contributed by atoms with Crippen LogP contribution in [0, 0.1) is 5.82 Å². The summed E-state index contributed by atoms with van der Waals surface area (Å²) in [6, 6.07) is 4.23. The van der Waals surface area contributed by atoms with Crippen LogP contribution in [-0.2, 0) is 6.42 Å².